The monoisotopic (exact) mass is 313 g/mol. The molecule has 2 unspecified atom stereocenters. The quantitative estimate of drug-likeness (QED) is 0.487. The maximum absolute atomic E-state index is 11.2. The van der Waals surface area contributed by atoms with E-state index in [1.807, 2.05) is 0 Å². The number of hydrogen-bond donors (Lipinski definition) is 1. The van der Waals surface area contributed by atoms with Gasteiger partial charge in [-0.25, -0.2) is 9.59 Å². The Kier molecular flexibility index (Phi) is 8.67. The second-order valence-corrected chi connectivity index (χ2v) is 5.46. The van der Waals surface area contributed by atoms with Gasteiger partial charge < -0.3 is 19.3 Å². The molecule has 0 amide bonds. The van der Waals surface area contributed by atoms with Crippen molar-refractivity contribution < 1.29 is 28.9 Å². The van der Waals surface area contributed by atoms with Crippen molar-refractivity contribution in [3.05, 3.63) is 31.2 Å². The summed E-state index contributed by atoms with van der Waals surface area (Å²) in [4.78, 5) is 22.4. The Balaban J connectivity index is 4.00. The predicted octanol–water partition coefficient (Wildman–Crippen LogP) is 1.59. The van der Waals surface area contributed by atoms with Crippen LogP contribution in [0.4, 0.5) is 0 Å². The lowest BCUT2D eigenvalue weighted by Gasteiger charge is -2.26. The molecule has 0 aliphatic heterocycles. The molecule has 1 N–H and O–H groups in total. The number of carbonyl (C=O) groups excluding carboxylic acids is 2. The first-order valence-electron chi connectivity index (χ1n) is 6.88. The van der Waals surface area contributed by atoms with Crippen LogP contribution in [0.2, 0.25) is 0 Å². The van der Waals surface area contributed by atoms with E-state index in [0.717, 1.165) is 0 Å². The minimum absolute atomic E-state index is 0.0576. The highest BCUT2D eigenvalue weighted by Crippen LogP contribution is 2.15. The Hall–Kier alpha value is -1.66. The summed E-state index contributed by atoms with van der Waals surface area (Å²) in [6.45, 7) is 15.4. The van der Waals surface area contributed by atoms with E-state index in [4.69, 9.17) is 14.2 Å². The minimum atomic E-state index is -0.970. The Bertz CT molecular complexity index is 424. The van der Waals surface area contributed by atoms with Gasteiger partial charge in [-0.2, -0.15) is 0 Å². The molecule has 6 nitrogen and oxygen atoms in total. The number of esters is 2. The van der Waals surface area contributed by atoms with Gasteiger partial charge in [0.05, 0.1) is 18.8 Å². The van der Waals surface area contributed by atoms with Crippen LogP contribution in [0.25, 0.3) is 0 Å². The van der Waals surface area contributed by atoms with Gasteiger partial charge in [0.25, 0.3) is 0 Å². The Morgan fingerprint density at radius 2 is 1.59 bits per heavy atom. The van der Waals surface area contributed by atoms with Gasteiger partial charge in [-0.3, -0.25) is 0 Å². The minimum Gasteiger partial charge on any atom is -0.462 e. The largest absolute Gasteiger partial charge is 0.462 e. The van der Waals surface area contributed by atoms with Gasteiger partial charge in [-0.1, -0.05) is 13.2 Å². The summed E-state index contributed by atoms with van der Waals surface area (Å²) < 4.78 is 15.2. The molecule has 0 heterocycles. The zero-order valence-corrected chi connectivity index (χ0v) is 13.5. The molecule has 0 spiro atoms. The van der Waals surface area contributed by atoms with Crippen molar-refractivity contribution in [1.29, 1.82) is 0 Å². The molecule has 0 aromatic carbocycles. The van der Waals surface area contributed by atoms with E-state index in [-0.39, 0.29) is 25.4 Å². The summed E-state index contributed by atoms with van der Waals surface area (Å²) >= 11 is 0. The Morgan fingerprint density at radius 3 is 2.09 bits per heavy atom. The molecule has 0 aromatic heterocycles. The summed E-state index contributed by atoms with van der Waals surface area (Å²) in [5.41, 5.74) is -0.259. The first kappa shape index (κ1) is 20.3. The molecule has 0 aromatic rings. The van der Waals surface area contributed by atoms with Gasteiger partial charge in [0.15, 0.2) is 0 Å². The molecule has 2 atom stereocenters. The van der Waals surface area contributed by atoms with Crippen LogP contribution in [0.3, 0.4) is 0 Å². The number of aliphatic hydroxyl groups excluding tert-OH is 1. The van der Waals surface area contributed by atoms with E-state index in [1.165, 1.54) is 6.92 Å². The third-order valence-corrected chi connectivity index (χ3v) is 2.59. The fraction of sp³-hybridized carbons (Fsp3) is 0.562. The normalized spacial score (nSPS) is 12.4. The summed E-state index contributed by atoms with van der Waals surface area (Å²) in [6, 6.07) is 0. The van der Waals surface area contributed by atoms with Crippen molar-refractivity contribution in [2.45, 2.75) is 38.9 Å². The molecule has 0 saturated heterocycles. The van der Waals surface area contributed by atoms with E-state index in [2.05, 4.69) is 20.1 Å². The molecule has 0 saturated carbocycles. The van der Waals surface area contributed by atoms with Gasteiger partial charge in [0.1, 0.15) is 12.7 Å². The standard InChI is InChI=1S/C16H25O6/c1-11(2)14(18)20-8-7-16(5,6)22-10-13(17)9-21-15(19)12(3)4/h13,17H,1,3,5,7-10H2,2,4,6H3. The van der Waals surface area contributed by atoms with Gasteiger partial charge in [-0.05, 0) is 27.7 Å². The molecule has 0 aliphatic rings. The highest BCUT2D eigenvalue weighted by molar-refractivity contribution is 5.87. The van der Waals surface area contributed by atoms with Crippen LogP contribution >= 0.6 is 0 Å². The van der Waals surface area contributed by atoms with Crippen LogP contribution in [-0.2, 0) is 23.8 Å². The predicted molar refractivity (Wildman–Crippen MR) is 81.9 cm³/mol. The summed E-state index contributed by atoms with van der Waals surface area (Å²) in [7, 11) is 0. The molecule has 125 valence electrons. The van der Waals surface area contributed by atoms with Crippen molar-refractivity contribution in [2.75, 3.05) is 19.8 Å². The van der Waals surface area contributed by atoms with E-state index in [9.17, 15) is 14.7 Å². The van der Waals surface area contributed by atoms with Crippen molar-refractivity contribution in [3.8, 4) is 0 Å². The van der Waals surface area contributed by atoms with Gasteiger partial charge in [0, 0.05) is 17.6 Å². The van der Waals surface area contributed by atoms with Crippen LogP contribution in [0, 0.1) is 6.92 Å². The molecule has 6 heteroatoms. The summed E-state index contributed by atoms with van der Waals surface area (Å²) in [5, 5.41) is 9.67. The summed E-state index contributed by atoms with van der Waals surface area (Å²) in [6.07, 6.45) is -0.619. The van der Waals surface area contributed by atoms with Crippen molar-refractivity contribution in [1.82, 2.24) is 0 Å². The number of carbonyl (C=O) groups is 2. The molecule has 0 bridgehead atoms. The summed E-state index contributed by atoms with van der Waals surface area (Å²) in [5.74, 6) is -1.04. The first-order chi connectivity index (χ1) is 10.0. The van der Waals surface area contributed by atoms with Gasteiger partial charge in [-0.15, -0.1) is 0 Å². The average Bonchev–Trinajstić information content (AvgIpc) is 2.41. The van der Waals surface area contributed by atoms with Gasteiger partial charge in [0.2, 0.25) is 0 Å². The maximum atomic E-state index is 11.2. The van der Waals surface area contributed by atoms with E-state index in [1.54, 1.807) is 13.8 Å². The highest BCUT2D eigenvalue weighted by Gasteiger charge is 2.21. The smallest absolute Gasteiger partial charge is 0.333 e. The second-order valence-electron chi connectivity index (χ2n) is 5.46. The molecule has 1 radical (unpaired) electrons. The van der Waals surface area contributed by atoms with Gasteiger partial charge >= 0.3 is 11.9 Å². The number of aliphatic hydroxyl groups is 1. The first-order valence-corrected chi connectivity index (χ1v) is 6.88. The topological polar surface area (TPSA) is 82.1 Å². The van der Waals surface area contributed by atoms with Crippen LogP contribution in [0.15, 0.2) is 24.3 Å². The van der Waals surface area contributed by atoms with Crippen LogP contribution in [0.1, 0.15) is 27.2 Å². The Labute approximate surface area is 131 Å². The molecule has 0 aliphatic carbocycles. The maximum Gasteiger partial charge on any atom is 0.333 e. The molecular weight excluding hydrogens is 288 g/mol. The fourth-order valence-electron chi connectivity index (χ4n) is 1.20. The Morgan fingerprint density at radius 1 is 1.09 bits per heavy atom. The molecule has 0 rings (SSSR count). The molecule has 22 heavy (non-hydrogen) atoms. The number of hydrogen-bond acceptors (Lipinski definition) is 6. The highest BCUT2D eigenvalue weighted by atomic mass is 16.6. The lowest BCUT2D eigenvalue weighted by atomic mass is 10.1. The van der Waals surface area contributed by atoms with Crippen molar-refractivity contribution >= 4 is 11.9 Å². The second kappa shape index (κ2) is 9.38. The van der Waals surface area contributed by atoms with E-state index >= 15 is 0 Å². The fourth-order valence-corrected chi connectivity index (χ4v) is 1.20. The average molecular weight is 313 g/mol. The number of rotatable bonds is 10. The van der Waals surface area contributed by atoms with Crippen LogP contribution in [-0.4, -0.2) is 48.6 Å². The zero-order valence-electron chi connectivity index (χ0n) is 13.5. The van der Waals surface area contributed by atoms with Crippen LogP contribution < -0.4 is 0 Å². The van der Waals surface area contributed by atoms with Crippen molar-refractivity contribution in [3.63, 3.8) is 0 Å². The van der Waals surface area contributed by atoms with Crippen molar-refractivity contribution in [2.24, 2.45) is 0 Å². The van der Waals surface area contributed by atoms with E-state index in [0.29, 0.717) is 12.0 Å². The lowest BCUT2D eigenvalue weighted by molar-refractivity contribution is -0.145. The van der Waals surface area contributed by atoms with Crippen LogP contribution in [0.5, 0.6) is 0 Å². The van der Waals surface area contributed by atoms with E-state index < -0.39 is 23.6 Å². The molecule has 0 fully saturated rings. The third-order valence-electron chi connectivity index (χ3n) is 2.59. The SMILES string of the molecule is [CH2]C(C)(CCOC(=O)C(=C)C)OCC(O)COC(=O)C(=C)C. The lowest BCUT2D eigenvalue weighted by Crippen LogP contribution is -2.33. The molecular formula is C16H25O6. The zero-order chi connectivity index (χ0) is 17.3. The number of ether oxygens (including phenoxy) is 3. The third kappa shape index (κ3) is 9.31.